The van der Waals surface area contributed by atoms with Gasteiger partial charge in [0.25, 0.3) is 10.0 Å². The van der Waals surface area contributed by atoms with E-state index in [1.807, 2.05) is 30.8 Å². The normalized spacial score (nSPS) is 12.1. The predicted octanol–water partition coefficient (Wildman–Crippen LogP) is 3.48. The van der Waals surface area contributed by atoms with Gasteiger partial charge >= 0.3 is 0 Å². The highest BCUT2D eigenvalue weighted by Crippen LogP contribution is 2.23. The predicted molar refractivity (Wildman–Crippen MR) is 85.2 cm³/mol. The summed E-state index contributed by atoms with van der Waals surface area (Å²) in [5.41, 5.74) is 1.39. The maximum Gasteiger partial charge on any atom is 0.271 e. The van der Waals surface area contributed by atoms with E-state index in [9.17, 15) is 8.42 Å². The van der Waals surface area contributed by atoms with Crippen LogP contribution in [-0.2, 0) is 10.0 Å². The van der Waals surface area contributed by atoms with Gasteiger partial charge in [0.05, 0.1) is 5.52 Å². The minimum Gasteiger partial charge on any atom is -0.279 e. The van der Waals surface area contributed by atoms with Gasteiger partial charge in [-0.25, -0.2) is 8.42 Å². The minimum absolute atomic E-state index is 0.267. The highest BCUT2D eigenvalue weighted by Gasteiger charge is 2.15. The van der Waals surface area contributed by atoms with Crippen LogP contribution in [-0.4, -0.2) is 18.2 Å². The van der Waals surface area contributed by atoms with Crippen LogP contribution in [0.5, 0.6) is 0 Å². The summed E-state index contributed by atoms with van der Waals surface area (Å²) < 4.78 is 29.1. The smallest absolute Gasteiger partial charge is 0.271 e. The second-order valence-corrected chi connectivity index (χ2v) is 7.87. The quantitative estimate of drug-likeness (QED) is 0.800. The third-order valence-electron chi connectivity index (χ3n) is 3.06. The number of hydrogen-bond acceptors (Lipinski definition) is 4. The molecule has 0 aliphatic heterocycles. The topological polar surface area (TPSA) is 64.0 Å². The van der Waals surface area contributed by atoms with Gasteiger partial charge in [-0.05, 0) is 43.5 Å². The van der Waals surface area contributed by atoms with E-state index in [1.54, 1.807) is 29.6 Å². The first-order valence-electron chi connectivity index (χ1n) is 6.51. The Hall–Kier alpha value is -1.86. The molecule has 1 aromatic carbocycles. The van der Waals surface area contributed by atoms with Crippen molar-refractivity contribution in [1.29, 1.82) is 0 Å². The maximum atomic E-state index is 12.2. The van der Waals surface area contributed by atoms with Crippen molar-refractivity contribution in [3.8, 4) is 0 Å². The number of fused-ring (bicyclic) bond motifs is 1. The van der Waals surface area contributed by atoms with Crippen LogP contribution in [0.15, 0.2) is 46.1 Å². The third kappa shape index (κ3) is 2.79. The van der Waals surface area contributed by atoms with Gasteiger partial charge < -0.3 is 0 Å². The van der Waals surface area contributed by atoms with Gasteiger partial charge in [-0.1, -0.05) is 6.07 Å². The molecule has 110 valence electrons. The molecular formula is C14H15N3O2S2. The van der Waals surface area contributed by atoms with Crippen LogP contribution in [0.4, 0.5) is 5.69 Å². The zero-order chi connectivity index (χ0) is 15.0. The van der Waals surface area contributed by atoms with Gasteiger partial charge in [0, 0.05) is 23.3 Å². The summed E-state index contributed by atoms with van der Waals surface area (Å²) in [6.45, 7) is 4.10. The summed E-state index contributed by atoms with van der Waals surface area (Å²) in [5.74, 6) is 0. The standard InChI is InChI=1S/C14H15N3O2S2/c1-10(2)17-9-11-8-12(5-6-13(11)15-17)16-21(18,19)14-4-3-7-20-14/h3-10,16H,1-2H3. The molecule has 7 heteroatoms. The third-order valence-corrected chi connectivity index (χ3v) is 5.84. The average Bonchev–Trinajstić information content (AvgIpc) is 3.07. The van der Waals surface area contributed by atoms with E-state index in [1.165, 1.54) is 11.3 Å². The molecule has 0 unspecified atom stereocenters. The zero-order valence-corrected chi connectivity index (χ0v) is 13.3. The fourth-order valence-corrected chi connectivity index (χ4v) is 4.04. The molecule has 0 fully saturated rings. The first kappa shape index (κ1) is 14.1. The van der Waals surface area contributed by atoms with E-state index in [0.717, 1.165) is 10.9 Å². The van der Waals surface area contributed by atoms with E-state index in [0.29, 0.717) is 9.90 Å². The molecule has 2 heterocycles. The summed E-state index contributed by atoms with van der Waals surface area (Å²) in [7, 11) is -3.51. The number of aromatic nitrogens is 2. The maximum absolute atomic E-state index is 12.2. The van der Waals surface area contributed by atoms with Gasteiger partial charge in [0.2, 0.25) is 0 Å². The molecule has 0 radical (unpaired) electrons. The first-order valence-corrected chi connectivity index (χ1v) is 8.87. The Labute approximate surface area is 127 Å². The second kappa shape index (κ2) is 5.16. The summed E-state index contributed by atoms with van der Waals surface area (Å²) in [6.07, 6.45) is 1.92. The number of benzene rings is 1. The lowest BCUT2D eigenvalue weighted by Crippen LogP contribution is -2.11. The Morgan fingerprint density at radius 2 is 2.10 bits per heavy atom. The molecule has 0 amide bonds. The van der Waals surface area contributed by atoms with E-state index >= 15 is 0 Å². The molecule has 0 spiro atoms. The average molecular weight is 321 g/mol. The van der Waals surface area contributed by atoms with Crippen LogP contribution < -0.4 is 4.72 Å². The zero-order valence-electron chi connectivity index (χ0n) is 11.6. The van der Waals surface area contributed by atoms with Crippen molar-refractivity contribution in [3.05, 3.63) is 41.9 Å². The molecule has 0 aliphatic rings. The molecule has 1 N–H and O–H groups in total. The molecule has 0 saturated carbocycles. The minimum atomic E-state index is -3.51. The second-order valence-electron chi connectivity index (χ2n) is 5.01. The summed E-state index contributed by atoms with van der Waals surface area (Å²) in [5, 5.41) is 7.09. The van der Waals surface area contributed by atoms with Gasteiger partial charge in [-0.3, -0.25) is 9.40 Å². The van der Waals surface area contributed by atoms with Crippen LogP contribution in [0.1, 0.15) is 19.9 Å². The fourth-order valence-electron chi connectivity index (χ4n) is 1.99. The highest BCUT2D eigenvalue weighted by atomic mass is 32.2. The van der Waals surface area contributed by atoms with Crippen LogP contribution in [0.25, 0.3) is 10.9 Å². The lowest BCUT2D eigenvalue weighted by Gasteiger charge is -2.05. The molecular weight excluding hydrogens is 306 g/mol. The molecule has 3 rings (SSSR count). The van der Waals surface area contributed by atoms with E-state index in [-0.39, 0.29) is 6.04 Å². The van der Waals surface area contributed by atoms with E-state index in [4.69, 9.17) is 0 Å². The number of anilines is 1. The molecule has 3 aromatic rings. The van der Waals surface area contributed by atoms with Gasteiger partial charge in [0.15, 0.2) is 0 Å². The number of hydrogen-bond donors (Lipinski definition) is 1. The van der Waals surface area contributed by atoms with Crippen molar-refractivity contribution >= 4 is 38.0 Å². The van der Waals surface area contributed by atoms with Crippen LogP contribution in [0.3, 0.4) is 0 Å². The number of rotatable bonds is 4. The molecule has 2 aromatic heterocycles. The van der Waals surface area contributed by atoms with Crippen molar-refractivity contribution in [2.24, 2.45) is 0 Å². The lowest BCUT2D eigenvalue weighted by atomic mass is 10.2. The van der Waals surface area contributed by atoms with Gasteiger partial charge in [-0.15, -0.1) is 11.3 Å². The van der Waals surface area contributed by atoms with Crippen LogP contribution in [0.2, 0.25) is 0 Å². The van der Waals surface area contributed by atoms with Gasteiger partial charge in [0.1, 0.15) is 4.21 Å². The first-order chi connectivity index (χ1) is 9.95. The Morgan fingerprint density at radius 3 is 2.76 bits per heavy atom. The molecule has 0 aliphatic carbocycles. The molecule has 0 bridgehead atoms. The largest absolute Gasteiger partial charge is 0.279 e. The Morgan fingerprint density at radius 1 is 1.29 bits per heavy atom. The van der Waals surface area contributed by atoms with E-state index in [2.05, 4.69) is 9.82 Å². The summed E-state index contributed by atoms with van der Waals surface area (Å²) in [6, 6.07) is 8.92. The highest BCUT2D eigenvalue weighted by molar-refractivity contribution is 7.94. The number of nitrogens with zero attached hydrogens (tertiary/aromatic N) is 2. The Bertz CT molecular complexity index is 865. The molecule has 5 nitrogen and oxygen atoms in total. The Balaban J connectivity index is 1.95. The lowest BCUT2D eigenvalue weighted by molar-refractivity contribution is 0.537. The van der Waals surface area contributed by atoms with Crippen molar-refractivity contribution in [1.82, 2.24) is 9.78 Å². The van der Waals surface area contributed by atoms with Crippen molar-refractivity contribution < 1.29 is 8.42 Å². The number of thiophene rings is 1. The summed E-state index contributed by atoms with van der Waals surface area (Å²) >= 11 is 1.19. The monoisotopic (exact) mass is 321 g/mol. The number of nitrogens with one attached hydrogen (secondary N) is 1. The SMILES string of the molecule is CC(C)n1cc2cc(NS(=O)(=O)c3cccs3)ccc2n1. The Kier molecular flexibility index (Phi) is 3.46. The van der Waals surface area contributed by atoms with Crippen molar-refractivity contribution in [2.75, 3.05) is 4.72 Å². The van der Waals surface area contributed by atoms with E-state index < -0.39 is 10.0 Å². The molecule has 0 saturated heterocycles. The molecule has 21 heavy (non-hydrogen) atoms. The van der Waals surface area contributed by atoms with Crippen LogP contribution in [0, 0.1) is 0 Å². The number of sulfonamides is 1. The molecule has 0 atom stereocenters. The summed E-state index contributed by atoms with van der Waals surface area (Å²) in [4.78, 5) is 0. The van der Waals surface area contributed by atoms with Crippen molar-refractivity contribution in [2.45, 2.75) is 24.1 Å². The van der Waals surface area contributed by atoms with Crippen LogP contribution >= 0.6 is 11.3 Å². The van der Waals surface area contributed by atoms with Crippen molar-refractivity contribution in [3.63, 3.8) is 0 Å². The fraction of sp³-hybridized carbons (Fsp3) is 0.214. The van der Waals surface area contributed by atoms with Gasteiger partial charge in [-0.2, -0.15) is 5.10 Å².